The minimum atomic E-state index is -0.226. The lowest BCUT2D eigenvalue weighted by Crippen LogP contribution is -2.46. The lowest BCUT2D eigenvalue weighted by Gasteiger charge is -2.39. The third-order valence-electron chi connectivity index (χ3n) is 5.45. The van der Waals surface area contributed by atoms with Gasteiger partial charge in [-0.05, 0) is 42.9 Å². The van der Waals surface area contributed by atoms with Crippen molar-refractivity contribution in [2.24, 2.45) is 16.7 Å². The fourth-order valence-corrected chi connectivity index (χ4v) is 3.83. The number of aliphatic hydroxyl groups excluding tert-OH is 1. The van der Waals surface area contributed by atoms with Crippen molar-refractivity contribution in [3.8, 4) is 0 Å². The fourth-order valence-electron chi connectivity index (χ4n) is 3.83. The Hall–Kier alpha value is -0.0800. The molecular weight excluding hydrogens is 186 g/mol. The zero-order chi connectivity index (χ0) is 11.3. The highest BCUT2D eigenvalue weighted by molar-refractivity contribution is 5.12. The second-order valence-corrected chi connectivity index (χ2v) is 6.42. The molecule has 2 heteroatoms. The van der Waals surface area contributed by atoms with Gasteiger partial charge in [0.25, 0.3) is 0 Å². The van der Waals surface area contributed by atoms with Gasteiger partial charge in [-0.2, -0.15) is 0 Å². The first kappa shape index (κ1) is 11.4. The Bertz CT molecular complexity index is 249. The Labute approximate surface area is 93.5 Å². The zero-order valence-electron chi connectivity index (χ0n) is 10.5. The maximum atomic E-state index is 9.33. The van der Waals surface area contributed by atoms with Gasteiger partial charge in [0.15, 0.2) is 0 Å². The van der Waals surface area contributed by atoms with Gasteiger partial charge in [-0.1, -0.05) is 20.8 Å². The van der Waals surface area contributed by atoms with Gasteiger partial charge < -0.3 is 10.4 Å². The largest absolute Gasteiger partial charge is 0.392 e. The third-order valence-corrected chi connectivity index (χ3v) is 5.45. The standard InChI is InChI=1S/C13H25NO/c1-9(15)8-14-11-7-10-5-6-13(11,4)12(10,2)3/h9-11,14-15H,5-8H2,1-4H3/t9-,10+,11-,13+/m1/s1. The van der Waals surface area contributed by atoms with Crippen LogP contribution < -0.4 is 5.32 Å². The van der Waals surface area contributed by atoms with E-state index in [1.54, 1.807) is 0 Å². The van der Waals surface area contributed by atoms with Crippen molar-refractivity contribution >= 4 is 0 Å². The molecule has 2 rings (SSSR count). The van der Waals surface area contributed by atoms with Crippen LogP contribution in [-0.4, -0.2) is 23.8 Å². The second-order valence-electron chi connectivity index (χ2n) is 6.42. The fraction of sp³-hybridized carbons (Fsp3) is 1.00. The summed E-state index contributed by atoms with van der Waals surface area (Å²) in [7, 11) is 0. The molecule has 0 radical (unpaired) electrons. The Kier molecular flexibility index (Phi) is 2.63. The minimum absolute atomic E-state index is 0.226. The molecule has 0 unspecified atom stereocenters. The third kappa shape index (κ3) is 1.53. The Morgan fingerprint density at radius 1 is 1.40 bits per heavy atom. The topological polar surface area (TPSA) is 32.3 Å². The second kappa shape index (κ2) is 3.46. The highest BCUT2D eigenvalue weighted by Crippen LogP contribution is 2.65. The summed E-state index contributed by atoms with van der Waals surface area (Å²) in [4.78, 5) is 0. The monoisotopic (exact) mass is 211 g/mol. The molecule has 0 aromatic heterocycles. The normalized spacial score (nSPS) is 44.6. The quantitative estimate of drug-likeness (QED) is 0.750. The van der Waals surface area contributed by atoms with Gasteiger partial charge >= 0.3 is 0 Å². The van der Waals surface area contributed by atoms with E-state index in [0.29, 0.717) is 16.9 Å². The molecule has 0 saturated heterocycles. The molecule has 88 valence electrons. The van der Waals surface area contributed by atoms with E-state index in [1.165, 1.54) is 19.3 Å². The van der Waals surface area contributed by atoms with E-state index in [1.807, 2.05) is 6.92 Å². The van der Waals surface area contributed by atoms with Crippen LogP contribution in [0.25, 0.3) is 0 Å². The van der Waals surface area contributed by atoms with Gasteiger partial charge in [0, 0.05) is 12.6 Å². The minimum Gasteiger partial charge on any atom is -0.392 e. The van der Waals surface area contributed by atoms with Crippen LogP contribution in [0.1, 0.15) is 47.0 Å². The van der Waals surface area contributed by atoms with Gasteiger partial charge in [-0.25, -0.2) is 0 Å². The maximum absolute atomic E-state index is 9.33. The highest BCUT2D eigenvalue weighted by Gasteiger charge is 2.60. The number of fused-ring (bicyclic) bond motifs is 2. The van der Waals surface area contributed by atoms with E-state index in [4.69, 9.17) is 0 Å². The number of hydrogen-bond donors (Lipinski definition) is 2. The molecule has 2 saturated carbocycles. The van der Waals surface area contributed by atoms with Crippen LogP contribution in [0.5, 0.6) is 0 Å². The Morgan fingerprint density at radius 2 is 2.07 bits per heavy atom. The van der Waals surface area contributed by atoms with Crippen LogP contribution in [0.2, 0.25) is 0 Å². The van der Waals surface area contributed by atoms with Gasteiger partial charge in [-0.15, -0.1) is 0 Å². The number of aliphatic hydroxyl groups is 1. The van der Waals surface area contributed by atoms with Crippen molar-refractivity contribution in [1.82, 2.24) is 5.32 Å². The molecule has 2 N–H and O–H groups in total. The molecule has 0 aromatic rings. The van der Waals surface area contributed by atoms with Crippen molar-refractivity contribution in [2.75, 3.05) is 6.54 Å². The van der Waals surface area contributed by atoms with Crippen LogP contribution in [0.4, 0.5) is 0 Å². The molecule has 0 spiro atoms. The summed E-state index contributed by atoms with van der Waals surface area (Å²) in [6.45, 7) is 9.87. The van der Waals surface area contributed by atoms with Crippen LogP contribution in [-0.2, 0) is 0 Å². The molecule has 15 heavy (non-hydrogen) atoms. The number of nitrogens with one attached hydrogen (secondary N) is 1. The summed E-state index contributed by atoms with van der Waals surface area (Å²) in [5, 5.41) is 12.9. The zero-order valence-corrected chi connectivity index (χ0v) is 10.5. The van der Waals surface area contributed by atoms with E-state index in [2.05, 4.69) is 26.1 Å². The molecule has 0 amide bonds. The molecule has 4 atom stereocenters. The van der Waals surface area contributed by atoms with E-state index in [0.717, 1.165) is 12.5 Å². The first-order chi connectivity index (χ1) is 6.88. The molecule has 2 aliphatic rings. The molecule has 2 aliphatic carbocycles. The van der Waals surface area contributed by atoms with Crippen molar-refractivity contribution in [3.05, 3.63) is 0 Å². The summed E-state index contributed by atoms with van der Waals surface area (Å²) in [5.41, 5.74) is 0.913. The van der Waals surface area contributed by atoms with Crippen molar-refractivity contribution in [2.45, 2.75) is 59.1 Å². The van der Waals surface area contributed by atoms with Crippen molar-refractivity contribution in [3.63, 3.8) is 0 Å². The van der Waals surface area contributed by atoms with Crippen molar-refractivity contribution in [1.29, 1.82) is 0 Å². The van der Waals surface area contributed by atoms with Crippen LogP contribution in [0, 0.1) is 16.7 Å². The molecule has 0 aromatic carbocycles. The summed E-state index contributed by atoms with van der Waals surface area (Å²) >= 11 is 0. The summed E-state index contributed by atoms with van der Waals surface area (Å²) < 4.78 is 0. The average molecular weight is 211 g/mol. The van der Waals surface area contributed by atoms with Crippen LogP contribution in [0.3, 0.4) is 0 Å². The van der Waals surface area contributed by atoms with Gasteiger partial charge in [0.2, 0.25) is 0 Å². The maximum Gasteiger partial charge on any atom is 0.0636 e. The highest BCUT2D eigenvalue weighted by atomic mass is 16.3. The Morgan fingerprint density at radius 3 is 2.47 bits per heavy atom. The summed E-state index contributed by atoms with van der Waals surface area (Å²) in [6, 6.07) is 0.612. The van der Waals surface area contributed by atoms with Crippen LogP contribution >= 0.6 is 0 Å². The van der Waals surface area contributed by atoms with E-state index < -0.39 is 0 Å². The summed E-state index contributed by atoms with van der Waals surface area (Å²) in [5.74, 6) is 0.883. The molecule has 0 heterocycles. The molecule has 0 aliphatic heterocycles. The lowest BCUT2D eigenvalue weighted by molar-refractivity contribution is 0.109. The average Bonchev–Trinajstić information content (AvgIpc) is 2.46. The number of rotatable bonds is 3. The first-order valence-electron chi connectivity index (χ1n) is 6.29. The summed E-state index contributed by atoms with van der Waals surface area (Å²) in [6.07, 6.45) is 3.82. The number of hydrogen-bond acceptors (Lipinski definition) is 2. The Balaban J connectivity index is 2.06. The van der Waals surface area contributed by atoms with E-state index >= 15 is 0 Å². The SMILES string of the molecule is C[C@@H](O)CN[C@@H]1C[C@@H]2CC[C@]1(C)C2(C)C. The van der Waals surface area contributed by atoms with E-state index in [9.17, 15) is 5.11 Å². The first-order valence-corrected chi connectivity index (χ1v) is 6.29. The van der Waals surface area contributed by atoms with E-state index in [-0.39, 0.29) is 6.10 Å². The predicted molar refractivity (Wildman–Crippen MR) is 62.7 cm³/mol. The smallest absolute Gasteiger partial charge is 0.0636 e. The van der Waals surface area contributed by atoms with Gasteiger partial charge in [0.05, 0.1) is 6.10 Å². The molecule has 2 fully saturated rings. The predicted octanol–water partition coefficient (Wildman–Crippen LogP) is 2.17. The molecule has 2 nitrogen and oxygen atoms in total. The molecular formula is C13H25NO. The van der Waals surface area contributed by atoms with Gasteiger partial charge in [-0.3, -0.25) is 0 Å². The van der Waals surface area contributed by atoms with Gasteiger partial charge in [0.1, 0.15) is 0 Å². The lowest BCUT2D eigenvalue weighted by atomic mass is 9.69. The molecule has 2 bridgehead atoms. The van der Waals surface area contributed by atoms with Crippen LogP contribution in [0.15, 0.2) is 0 Å². The van der Waals surface area contributed by atoms with Crippen molar-refractivity contribution < 1.29 is 5.11 Å².